The van der Waals surface area contributed by atoms with Gasteiger partial charge in [0.15, 0.2) is 0 Å². The van der Waals surface area contributed by atoms with Crippen LogP contribution in [0.1, 0.15) is 45.4 Å². The standard InChI is InChI=1S/C15H28N2O2/c1-2-19-15(18)14-12-16-9-11-17(14)10-8-13-6-4-3-5-7-13/h13-14,16H,2-12H2,1H3. The molecule has 19 heavy (non-hydrogen) atoms. The first kappa shape index (κ1) is 14.8. The Kier molecular flexibility index (Phi) is 6.11. The lowest BCUT2D eigenvalue weighted by molar-refractivity contribution is -0.150. The third-order valence-corrected chi connectivity index (χ3v) is 4.46. The van der Waals surface area contributed by atoms with Crippen LogP contribution in [0.3, 0.4) is 0 Å². The molecule has 0 aromatic heterocycles. The van der Waals surface area contributed by atoms with E-state index >= 15 is 0 Å². The van der Waals surface area contributed by atoms with Crippen LogP contribution in [0.15, 0.2) is 0 Å². The first-order valence-corrected chi connectivity index (χ1v) is 7.92. The van der Waals surface area contributed by atoms with Gasteiger partial charge in [0, 0.05) is 19.6 Å². The van der Waals surface area contributed by atoms with E-state index in [0.29, 0.717) is 6.61 Å². The van der Waals surface area contributed by atoms with Crippen molar-refractivity contribution in [1.29, 1.82) is 0 Å². The molecule has 4 heteroatoms. The molecule has 0 aromatic rings. The van der Waals surface area contributed by atoms with Crippen molar-refractivity contribution in [3.05, 3.63) is 0 Å². The Hall–Kier alpha value is -0.610. The summed E-state index contributed by atoms with van der Waals surface area (Å²) < 4.78 is 5.18. The lowest BCUT2D eigenvalue weighted by Gasteiger charge is -2.35. The number of nitrogens with one attached hydrogen (secondary N) is 1. The van der Waals surface area contributed by atoms with E-state index in [2.05, 4.69) is 10.2 Å². The maximum atomic E-state index is 12.0. The summed E-state index contributed by atoms with van der Waals surface area (Å²) >= 11 is 0. The highest BCUT2D eigenvalue weighted by Crippen LogP contribution is 2.26. The van der Waals surface area contributed by atoms with E-state index in [-0.39, 0.29) is 12.0 Å². The summed E-state index contributed by atoms with van der Waals surface area (Å²) in [6.07, 6.45) is 8.22. The molecule has 1 aliphatic carbocycles. The van der Waals surface area contributed by atoms with Crippen LogP contribution in [0.2, 0.25) is 0 Å². The van der Waals surface area contributed by atoms with E-state index in [9.17, 15) is 4.79 Å². The van der Waals surface area contributed by atoms with Crippen LogP contribution in [0.5, 0.6) is 0 Å². The minimum absolute atomic E-state index is 0.0571. The molecule has 1 heterocycles. The maximum Gasteiger partial charge on any atom is 0.324 e. The first-order chi connectivity index (χ1) is 9.31. The molecule has 4 nitrogen and oxygen atoms in total. The van der Waals surface area contributed by atoms with Crippen LogP contribution in [-0.4, -0.2) is 49.7 Å². The summed E-state index contributed by atoms with van der Waals surface area (Å²) in [7, 11) is 0. The summed E-state index contributed by atoms with van der Waals surface area (Å²) in [6, 6.07) is -0.0720. The van der Waals surface area contributed by atoms with Crippen molar-refractivity contribution in [2.24, 2.45) is 5.92 Å². The third kappa shape index (κ3) is 4.46. The van der Waals surface area contributed by atoms with Gasteiger partial charge in [-0.25, -0.2) is 0 Å². The third-order valence-electron chi connectivity index (χ3n) is 4.46. The molecule has 1 N–H and O–H groups in total. The number of hydrogen-bond acceptors (Lipinski definition) is 4. The van der Waals surface area contributed by atoms with Gasteiger partial charge in [0.2, 0.25) is 0 Å². The molecule has 0 spiro atoms. The summed E-state index contributed by atoms with van der Waals surface area (Å²) in [6.45, 7) is 6.10. The van der Waals surface area contributed by atoms with Crippen molar-refractivity contribution in [3.8, 4) is 0 Å². The van der Waals surface area contributed by atoms with Gasteiger partial charge in [0.1, 0.15) is 6.04 Å². The number of esters is 1. The molecule has 2 rings (SSSR count). The molecule has 1 saturated carbocycles. The van der Waals surface area contributed by atoms with Gasteiger partial charge in [0.25, 0.3) is 0 Å². The average molecular weight is 268 g/mol. The smallest absolute Gasteiger partial charge is 0.324 e. The Bertz CT molecular complexity index is 277. The highest BCUT2D eigenvalue weighted by molar-refractivity contribution is 5.76. The monoisotopic (exact) mass is 268 g/mol. The molecule has 1 unspecified atom stereocenters. The molecule has 2 aliphatic rings. The molecule has 0 bridgehead atoms. The van der Waals surface area contributed by atoms with Crippen molar-refractivity contribution in [1.82, 2.24) is 10.2 Å². The van der Waals surface area contributed by atoms with Gasteiger partial charge < -0.3 is 10.1 Å². The van der Waals surface area contributed by atoms with Gasteiger partial charge in [-0.05, 0) is 25.8 Å². The minimum Gasteiger partial charge on any atom is -0.465 e. The fourth-order valence-corrected chi connectivity index (χ4v) is 3.31. The highest BCUT2D eigenvalue weighted by atomic mass is 16.5. The van der Waals surface area contributed by atoms with Crippen molar-refractivity contribution >= 4 is 5.97 Å². The summed E-state index contributed by atoms with van der Waals surface area (Å²) in [5.41, 5.74) is 0. The topological polar surface area (TPSA) is 41.6 Å². The average Bonchev–Trinajstić information content (AvgIpc) is 2.47. The minimum atomic E-state index is -0.0720. The van der Waals surface area contributed by atoms with Crippen LogP contribution < -0.4 is 5.32 Å². The molecule has 2 fully saturated rings. The van der Waals surface area contributed by atoms with Crippen molar-refractivity contribution in [2.75, 3.05) is 32.8 Å². The summed E-state index contributed by atoms with van der Waals surface area (Å²) in [4.78, 5) is 14.3. The van der Waals surface area contributed by atoms with Crippen LogP contribution in [-0.2, 0) is 9.53 Å². The largest absolute Gasteiger partial charge is 0.465 e. The Morgan fingerprint density at radius 2 is 2.11 bits per heavy atom. The zero-order valence-corrected chi connectivity index (χ0v) is 12.2. The Balaban J connectivity index is 1.79. The van der Waals surface area contributed by atoms with E-state index in [0.717, 1.165) is 32.1 Å². The number of carbonyl (C=O) groups is 1. The quantitative estimate of drug-likeness (QED) is 0.772. The molecular weight excluding hydrogens is 240 g/mol. The van der Waals surface area contributed by atoms with Crippen LogP contribution in [0, 0.1) is 5.92 Å². The Morgan fingerprint density at radius 3 is 2.84 bits per heavy atom. The Morgan fingerprint density at radius 1 is 1.32 bits per heavy atom. The fraction of sp³-hybridized carbons (Fsp3) is 0.933. The maximum absolute atomic E-state index is 12.0. The summed E-state index contributed by atoms with van der Waals surface area (Å²) in [5, 5.41) is 3.30. The number of ether oxygens (including phenoxy) is 1. The highest BCUT2D eigenvalue weighted by Gasteiger charge is 2.29. The molecule has 110 valence electrons. The van der Waals surface area contributed by atoms with Gasteiger partial charge in [0.05, 0.1) is 6.61 Å². The van der Waals surface area contributed by atoms with E-state index in [1.807, 2.05) is 6.92 Å². The van der Waals surface area contributed by atoms with Crippen molar-refractivity contribution in [3.63, 3.8) is 0 Å². The molecule has 0 amide bonds. The van der Waals surface area contributed by atoms with Gasteiger partial charge in [-0.1, -0.05) is 32.1 Å². The molecular formula is C15H28N2O2. The lowest BCUT2D eigenvalue weighted by Crippen LogP contribution is -2.55. The van der Waals surface area contributed by atoms with E-state index in [4.69, 9.17) is 4.74 Å². The Labute approximate surface area is 116 Å². The van der Waals surface area contributed by atoms with Gasteiger partial charge in [-0.15, -0.1) is 0 Å². The summed E-state index contributed by atoms with van der Waals surface area (Å²) in [5.74, 6) is 0.824. The second-order valence-corrected chi connectivity index (χ2v) is 5.80. The fourth-order valence-electron chi connectivity index (χ4n) is 3.31. The number of carbonyl (C=O) groups excluding carboxylic acids is 1. The first-order valence-electron chi connectivity index (χ1n) is 7.92. The molecule has 0 aromatic carbocycles. The predicted molar refractivity (Wildman–Crippen MR) is 76.1 cm³/mol. The zero-order chi connectivity index (χ0) is 13.5. The van der Waals surface area contributed by atoms with Crippen LogP contribution in [0.25, 0.3) is 0 Å². The van der Waals surface area contributed by atoms with Crippen LogP contribution in [0.4, 0.5) is 0 Å². The lowest BCUT2D eigenvalue weighted by atomic mass is 9.87. The van der Waals surface area contributed by atoms with E-state index in [1.54, 1.807) is 0 Å². The zero-order valence-electron chi connectivity index (χ0n) is 12.2. The molecule has 1 atom stereocenters. The van der Waals surface area contributed by atoms with Crippen molar-refractivity contribution < 1.29 is 9.53 Å². The number of rotatable bonds is 5. The molecule has 0 radical (unpaired) electrons. The van der Waals surface area contributed by atoms with Gasteiger partial charge in [-0.3, -0.25) is 9.69 Å². The molecule has 1 aliphatic heterocycles. The van der Waals surface area contributed by atoms with E-state index in [1.165, 1.54) is 38.5 Å². The number of nitrogens with zero attached hydrogens (tertiary/aromatic N) is 1. The SMILES string of the molecule is CCOC(=O)C1CNCCN1CCC1CCCCC1. The van der Waals surface area contributed by atoms with Gasteiger partial charge in [-0.2, -0.15) is 0 Å². The second kappa shape index (κ2) is 7.85. The molecule has 1 saturated heterocycles. The number of piperazine rings is 1. The van der Waals surface area contributed by atoms with Gasteiger partial charge >= 0.3 is 5.97 Å². The van der Waals surface area contributed by atoms with Crippen molar-refractivity contribution in [2.45, 2.75) is 51.5 Å². The van der Waals surface area contributed by atoms with Crippen LogP contribution >= 0.6 is 0 Å². The predicted octanol–water partition coefficient (Wildman–Crippen LogP) is 1.79. The normalized spacial score (nSPS) is 26.3. The second-order valence-electron chi connectivity index (χ2n) is 5.80. The number of hydrogen-bond donors (Lipinski definition) is 1. The van der Waals surface area contributed by atoms with E-state index < -0.39 is 0 Å².